The number of rotatable bonds is 3. The highest BCUT2D eigenvalue weighted by Crippen LogP contribution is 2.42. The summed E-state index contributed by atoms with van der Waals surface area (Å²) in [5.41, 5.74) is 2.05. The van der Waals surface area contributed by atoms with Gasteiger partial charge in [0.1, 0.15) is 11.9 Å². The third-order valence-electron chi connectivity index (χ3n) is 3.45. The monoisotopic (exact) mass is 404 g/mol. The Morgan fingerprint density at radius 2 is 2.19 bits per heavy atom. The summed E-state index contributed by atoms with van der Waals surface area (Å²) >= 11 is 13.2. The van der Waals surface area contributed by atoms with Crippen molar-refractivity contribution in [3.63, 3.8) is 0 Å². The molecule has 0 saturated heterocycles. The van der Waals surface area contributed by atoms with Crippen LogP contribution in [0.2, 0.25) is 5.02 Å². The van der Waals surface area contributed by atoms with Crippen LogP contribution in [-0.4, -0.2) is 18.0 Å². The lowest BCUT2D eigenvalue weighted by molar-refractivity contribution is 0.218. The lowest BCUT2D eigenvalue weighted by Crippen LogP contribution is -2.01. The van der Waals surface area contributed by atoms with Gasteiger partial charge in [-0.15, -0.1) is 11.3 Å². The van der Waals surface area contributed by atoms with E-state index in [9.17, 15) is 5.11 Å². The third kappa shape index (κ3) is 3.13. The van der Waals surface area contributed by atoms with E-state index in [-0.39, 0.29) is 0 Å². The summed E-state index contributed by atoms with van der Waals surface area (Å²) < 4.78 is 6.16. The van der Waals surface area contributed by atoms with Gasteiger partial charge in [-0.1, -0.05) is 11.6 Å². The van der Waals surface area contributed by atoms with Crippen LogP contribution in [-0.2, 0) is 12.2 Å². The number of aliphatic hydroxyl groups excluding tert-OH is 1. The number of ether oxygens (including phenoxy) is 1. The van der Waals surface area contributed by atoms with Crippen LogP contribution in [0.3, 0.4) is 0 Å². The van der Waals surface area contributed by atoms with Crippen LogP contribution in [0.25, 0.3) is 0 Å². The molecule has 0 amide bonds. The molecular formula is C15H14BrClO2S2. The summed E-state index contributed by atoms with van der Waals surface area (Å²) in [6.45, 7) is 0. The number of halogens is 2. The maximum absolute atomic E-state index is 10.7. The Hall–Kier alpha value is -0.200. The summed E-state index contributed by atoms with van der Waals surface area (Å²) in [7, 11) is 1.60. The zero-order chi connectivity index (χ0) is 15.0. The molecule has 1 unspecified atom stereocenters. The number of aryl methyl sites for hydroxylation is 1. The molecule has 1 aliphatic heterocycles. The maximum Gasteiger partial charge on any atom is 0.139 e. The number of benzene rings is 1. The van der Waals surface area contributed by atoms with Crippen molar-refractivity contribution < 1.29 is 9.84 Å². The predicted molar refractivity (Wildman–Crippen MR) is 94.0 cm³/mol. The first-order valence-corrected chi connectivity index (χ1v) is 9.64. The SMILES string of the molecule is COc1c(Br)cc(Cl)cc1C(O)c1cc2c(s1)CCSC2. The highest BCUT2D eigenvalue weighted by Gasteiger charge is 2.23. The molecule has 0 saturated carbocycles. The van der Waals surface area contributed by atoms with Crippen LogP contribution in [0.4, 0.5) is 0 Å². The van der Waals surface area contributed by atoms with Gasteiger partial charge in [-0.3, -0.25) is 0 Å². The van der Waals surface area contributed by atoms with E-state index in [1.807, 2.05) is 11.8 Å². The highest BCUT2D eigenvalue weighted by molar-refractivity contribution is 9.10. The zero-order valence-corrected chi connectivity index (χ0v) is 15.3. The molecule has 112 valence electrons. The lowest BCUT2D eigenvalue weighted by atomic mass is 10.1. The van der Waals surface area contributed by atoms with E-state index in [1.54, 1.807) is 30.6 Å². The minimum absolute atomic E-state index is 0.577. The molecular weight excluding hydrogens is 392 g/mol. The van der Waals surface area contributed by atoms with Crippen molar-refractivity contribution in [1.82, 2.24) is 0 Å². The van der Waals surface area contributed by atoms with Crippen molar-refractivity contribution in [2.45, 2.75) is 18.3 Å². The normalized spacial score (nSPS) is 15.6. The van der Waals surface area contributed by atoms with Crippen molar-refractivity contribution in [3.05, 3.63) is 48.6 Å². The van der Waals surface area contributed by atoms with Gasteiger partial charge in [-0.25, -0.2) is 0 Å². The van der Waals surface area contributed by atoms with Crippen LogP contribution in [0.1, 0.15) is 27.0 Å². The number of fused-ring (bicyclic) bond motifs is 1. The van der Waals surface area contributed by atoms with Gasteiger partial charge < -0.3 is 9.84 Å². The number of hydrogen-bond acceptors (Lipinski definition) is 4. The van der Waals surface area contributed by atoms with Gasteiger partial charge in [0.25, 0.3) is 0 Å². The van der Waals surface area contributed by atoms with Crippen molar-refractivity contribution in [2.75, 3.05) is 12.9 Å². The molecule has 0 bridgehead atoms. The average molecular weight is 406 g/mol. The minimum atomic E-state index is -0.712. The summed E-state index contributed by atoms with van der Waals surface area (Å²) in [6, 6.07) is 5.65. The predicted octanol–water partition coefficient (Wildman–Crippen LogP) is 5.04. The molecule has 0 radical (unpaired) electrons. The molecule has 1 aromatic heterocycles. The van der Waals surface area contributed by atoms with Crippen molar-refractivity contribution in [3.8, 4) is 5.75 Å². The molecule has 0 fully saturated rings. The molecule has 0 aliphatic carbocycles. The van der Waals surface area contributed by atoms with Gasteiger partial charge in [0, 0.05) is 26.1 Å². The lowest BCUT2D eigenvalue weighted by Gasteiger charge is -2.15. The molecule has 21 heavy (non-hydrogen) atoms. The standard InChI is InChI=1S/C15H14BrClO2S2/c1-19-15-10(5-9(17)6-11(15)16)14(18)13-4-8-7-20-3-2-12(8)21-13/h4-6,14,18H,2-3,7H2,1H3. The van der Waals surface area contributed by atoms with Gasteiger partial charge in [0.2, 0.25) is 0 Å². The molecule has 1 aliphatic rings. The first-order valence-electron chi connectivity index (χ1n) is 6.50. The van der Waals surface area contributed by atoms with E-state index < -0.39 is 6.10 Å². The number of thioether (sulfide) groups is 1. The third-order valence-corrected chi connectivity index (χ3v) is 6.56. The van der Waals surface area contributed by atoms with Crippen LogP contribution in [0, 0.1) is 0 Å². The summed E-state index contributed by atoms with van der Waals surface area (Å²) in [5, 5.41) is 11.3. The van der Waals surface area contributed by atoms with Gasteiger partial charge in [-0.2, -0.15) is 11.8 Å². The minimum Gasteiger partial charge on any atom is -0.495 e. The Kier molecular flexibility index (Phi) is 4.86. The topological polar surface area (TPSA) is 29.5 Å². The van der Waals surface area contributed by atoms with Crippen molar-refractivity contribution >= 4 is 50.6 Å². The molecule has 2 aromatic rings. The van der Waals surface area contributed by atoms with Crippen LogP contribution in [0.5, 0.6) is 5.75 Å². The fourth-order valence-electron chi connectivity index (χ4n) is 2.46. The average Bonchev–Trinajstić information content (AvgIpc) is 2.89. The Bertz CT molecular complexity index is 648. The molecule has 1 N–H and O–H groups in total. The van der Waals surface area contributed by atoms with Crippen molar-refractivity contribution in [1.29, 1.82) is 0 Å². The van der Waals surface area contributed by atoms with Gasteiger partial charge >= 0.3 is 0 Å². The van der Waals surface area contributed by atoms with E-state index in [4.69, 9.17) is 16.3 Å². The largest absolute Gasteiger partial charge is 0.495 e. The van der Waals surface area contributed by atoms with E-state index in [2.05, 4.69) is 22.0 Å². The van der Waals surface area contributed by atoms with Crippen LogP contribution in [0.15, 0.2) is 22.7 Å². The van der Waals surface area contributed by atoms with E-state index in [0.29, 0.717) is 16.3 Å². The summed E-state index contributed by atoms with van der Waals surface area (Å²) in [5.74, 6) is 2.83. The molecule has 6 heteroatoms. The van der Waals surface area contributed by atoms with E-state index in [0.717, 1.165) is 27.3 Å². The first kappa shape index (κ1) is 15.7. The Labute approximate surface area is 145 Å². The van der Waals surface area contributed by atoms with Crippen molar-refractivity contribution in [2.24, 2.45) is 0 Å². The fraction of sp³-hybridized carbons (Fsp3) is 0.333. The highest BCUT2D eigenvalue weighted by atomic mass is 79.9. The molecule has 3 rings (SSSR count). The number of hydrogen-bond donors (Lipinski definition) is 1. The van der Waals surface area contributed by atoms with Crippen LogP contribution < -0.4 is 4.74 Å². The molecule has 1 atom stereocenters. The van der Waals surface area contributed by atoms with Gasteiger partial charge in [0.05, 0.1) is 11.6 Å². The second-order valence-electron chi connectivity index (χ2n) is 4.81. The quantitative estimate of drug-likeness (QED) is 0.775. The Morgan fingerprint density at radius 1 is 1.38 bits per heavy atom. The van der Waals surface area contributed by atoms with Gasteiger partial charge in [0.15, 0.2) is 0 Å². The zero-order valence-electron chi connectivity index (χ0n) is 11.4. The molecule has 1 aromatic carbocycles. The van der Waals surface area contributed by atoms with Crippen LogP contribution >= 0.6 is 50.6 Å². The maximum atomic E-state index is 10.7. The fourth-order valence-corrected chi connectivity index (χ4v) is 5.83. The van der Waals surface area contributed by atoms with E-state index in [1.165, 1.54) is 10.4 Å². The summed E-state index contributed by atoms with van der Waals surface area (Å²) in [6.07, 6.45) is 0.379. The molecule has 0 spiro atoms. The summed E-state index contributed by atoms with van der Waals surface area (Å²) in [4.78, 5) is 2.35. The molecule has 2 heterocycles. The molecule has 2 nitrogen and oxygen atoms in total. The Morgan fingerprint density at radius 3 is 2.90 bits per heavy atom. The van der Waals surface area contributed by atoms with Gasteiger partial charge in [-0.05, 0) is 51.9 Å². The van der Waals surface area contributed by atoms with E-state index >= 15 is 0 Å². The first-order chi connectivity index (χ1) is 10.1. The number of thiophene rings is 1. The number of methoxy groups -OCH3 is 1. The second kappa shape index (κ2) is 6.50. The Balaban J connectivity index is 2.02. The second-order valence-corrected chi connectivity index (χ2v) is 8.38. The number of aliphatic hydroxyl groups is 1. The smallest absolute Gasteiger partial charge is 0.139 e.